The van der Waals surface area contributed by atoms with E-state index in [2.05, 4.69) is 11.1 Å². The fourth-order valence-electron chi connectivity index (χ4n) is 3.06. The number of para-hydroxylation sites is 1. The van der Waals surface area contributed by atoms with Gasteiger partial charge in [-0.1, -0.05) is 35.9 Å². The first-order valence-electron chi connectivity index (χ1n) is 7.10. The molecule has 4 rings (SSSR count). The van der Waals surface area contributed by atoms with Crippen molar-refractivity contribution in [3.05, 3.63) is 81.1 Å². The van der Waals surface area contributed by atoms with E-state index >= 15 is 0 Å². The van der Waals surface area contributed by atoms with Crippen LogP contribution in [-0.4, -0.2) is 4.98 Å². The summed E-state index contributed by atoms with van der Waals surface area (Å²) in [5, 5.41) is 1.52. The number of halogens is 1. The van der Waals surface area contributed by atoms with Crippen molar-refractivity contribution in [1.82, 2.24) is 4.98 Å². The highest BCUT2D eigenvalue weighted by molar-refractivity contribution is 6.30. The summed E-state index contributed by atoms with van der Waals surface area (Å²) in [4.78, 5) is 15.6. The van der Waals surface area contributed by atoms with Gasteiger partial charge in [-0.25, -0.2) is 0 Å². The molecule has 1 heterocycles. The van der Waals surface area contributed by atoms with Gasteiger partial charge in [0.2, 0.25) is 0 Å². The number of nitrogens with one attached hydrogen (secondary N) is 1. The van der Waals surface area contributed by atoms with Gasteiger partial charge < -0.3 is 4.98 Å². The first kappa shape index (κ1) is 12.7. The Morgan fingerprint density at radius 2 is 1.86 bits per heavy atom. The van der Waals surface area contributed by atoms with Crippen LogP contribution in [0.3, 0.4) is 0 Å². The zero-order chi connectivity index (χ0) is 14.4. The molecule has 1 aliphatic rings. The van der Waals surface area contributed by atoms with E-state index in [9.17, 15) is 4.79 Å². The molecule has 0 radical (unpaired) electrons. The van der Waals surface area contributed by atoms with Gasteiger partial charge in [-0.2, -0.15) is 0 Å². The third-order valence-electron chi connectivity index (χ3n) is 4.22. The minimum absolute atomic E-state index is 0.0936. The summed E-state index contributed by atoms with van der Waals surface area (Å²) in [6.07, 6.45) is 1.06. The van der Waals surface area contributed by atoms with E-state index < -0.39 is 0 Å². The van der Waals surface area contributed by atoms with E-state index in [4.69, 9.17) is 11.6 Å². The van der Waals surface area contributed by atoms with E-state index in [1.165, 1.54) is 5.56 Å². The van der Waals surface area contributed by atoms with Crippen LogP contribution in [0.25, 0.3) is 10.9 Å². The van der Waals surface area contributed by atoms with Crippen LogP contribution in [0.4, 0.5) is 0 Å². The van der Waals surface area contributed by atoms with Gasteiger partial charge in [0.1, 0.15) is 0 Å². The first-order chi connectivity index (χ1) is 10.2. The number of benzene rings is 2. The van der Waals surface area contributed by atoms with Crippen LogP contribution in [0, 0.1) is 0 Å². The monoisotopic (exact) mass is 295 g/mol. The lowest BCUT2D eigenvalue weighted by Gasteiger charge is -2.04. The van der Waals surface area contributed by atoms with E-state index in [0.717, 1.165) is 28.0 Å². The fraction of sp³-hybridized carbons (Fsp3) is 0.167. The van der Waals surface area contributed by atoms with E-state index in [-0.39, 0.29) is 5.43 Å². The van der Waals surface area contributed by atoms with Crippen molar-refractivity contribution in [2.45, 2.75) is 18.3 Å². The van der Waals surface area contributed by atoms with Crippen LogP contribution in [0.1, 0.15) is 29.5 Å². The highest BCUT2D eigenvalue weighted by atomic mass is 35.5. The highest BCUT2D eigenvalue weighted by Gasteiger charge is 2.40. The molecule has 0 aliphatic heterocycles. The molecule has 0 amide bonds. The maximum absolute atomic E-state index is 12.2. The summed E-state index contributed by atoms with van der Waals surface area (Å²) in [7, 11) is 0. The third-order valence-corrected chi connectivity index (χ3v) is 4.46. The van der Waals surface area contributed by atoms with E-state index in [1.807, 2.05) is 42.5 Å². The predicted molar refractivity (Wildman–Crippen MR) is 86.1 cm³/mol. The molecule has 3 heteroatoms. The number of hydrogen-bond acceptors (Lipinski definition) is 1. The molecular formula is C18H14ClNO. The molecular weight excluding hydrogens is 282 g/mol. The van der Waals surface area contributed by atoms with Gasteiger partial charge in [0.15, 0.2) is 5.43 Å². The Bertz CT molecular complexity index is 884. The van der Waals surface area contributed by atoms with Gasteiger partial charge in [-0.3, -0.25) is 4.79 Å². The van der Waals surface area contributed by atoms with Gasteiger partial charge in [-0.05, 0) is 42.2 Å². The zero-order valence-electron chi connectivity index (χ0n) is 11.3. The number of H-pyrrole nitrogens is 1. The third kappa shape index (κ3) is 2.26. The number of pyridine rings is 1. The maximum atomic E-state index is 12.2. The van der Waals surface area contributed by atoms with Crippen LogP contribution in [0.5, 0.6) is 0 Å². The Morgan fingerprint density at radius 3 is 2.71 bits per heavy atom. The molecule has 1 aromatic heterocycles. The van der Waals surface area contributed by atoms with Crippen LogP contribution in [-0.2, 0) is 0 Å². The molecule has 104 valence electrons. The van der Waals surface area contributed by atoms with Crippen LogP contribution < -0.4 is 5.43 Å². The maximum Gasteiger partial charge on any atom is 0.189 e. The highest BCUT2D eigenvalue weighted by Crippen LogP contribution is 2.54. The minimum atomic E-state index is 0.0936. The Morgan fingerprint density at radius 1 is 1.00 bits per heavy atom. The van der Waals surface area contributed by atoms with Crippen molar-refractivity contribution < 1.29 is 0 Å². The standard InChI is InChI=1S/C18H14ClNO/c19-12-5-3-4-11(8-12)14-9-15(14)17-10-18(21)13-6-1-2-7-16(13)20-17/h1-8,10,14-15H,9H2,(H,20,21)/t14-,15+/m1/s1. The second-order valence-corrected chi connectivity index (χ2v) is 6.07. The summed E-state index contributed by atoms with van der Waals surface area (Å²) in [5.74, 6) is 0.848. The minimum Gasteiger partial charge on any atom is -0.358 e. The Balaban J connectivity index is 1.71. The first-order valence-corrected chi connectivity index (χ1v) is 7.47. The molecule has 2 aromatic carbocycles. The smallest absolute Gasteiger partial charge is 0.189 e. The summed E-state index contributed by atoms with van der Waals surface area (Å²) < 4.78 is 0. The topological polar surface area (TPSA) is 32.9 Å². The fourth-order valence-corrected chi connectivity index (χ4v) is 3.26. The number of hydrogen-bond donors (Lipinski definition) is 1. The molecule has 0 saturated heterocycles. The molecule has 1 fully saturated rings. The molecule has 2 atom stereocenters. The average molecular weight is 296 g/mol. The quantitative estimate of drug-likeness (QED) is 0.744. The van der Waals surface area contributed by atoms with Gasteiger partial charge in [0.05, 0.1) is 0 Å². The SMILES string of the molecule is O=c1cc([C@H]2C[C@@H]2c2cccc(Cl)c2)[nH]c2ccccc12. The Kier molecular flexibility index (Phi) is 2.86. The Labute approximate surface area is 127 Å². The predicted octanol–water partition coefficient (Wildman–Crippen LogP) is 4.45. The molecule has 0 unspecified atom stereocenters. The number of aromatic amines is 1. The lowest BCUT2D eigenvalue weighted by molar-refractivity contribution is 0.976. The zero-order valence-corrected chi connectivity index (χ0v) is 12.1. The van der Waals surface area contributed by atoms with E-state index in [0.29, 0.717) is 11.8 Å². The number of aromatic nitrogens is 1. The van der Waals surface area contributed by atoms with E-state index in [1.54, 1.807) is 6.07 Å². The van der Waals surface area contributed by atoms with Crippen molar-refractivity contribution in [3.8, 4) is 0 Å². The molecule has 1 saturated carbocycles. The number of rotatable bonds is 2. The van der Waals surface area contributed by atoms with Crippen molar-refractivity contribution in [3.63, 3.8) is 0 Å². The van der Waals surface area contributed by atoms with Gasteiger partial charge >= 0.3 is 0 Å². The average Bonchev–Trinajstić information content (AvgIpc) is 3.28. The summed E-state index contributed by atoms with van der Waals surface area (Å²) >= 11 is 6.06. The molecule has 2 nitrogen and oxygen atoms in total. The molecule has 21 heavy (non-hydrogen) atoms. The lowest BCUT2D eigenvalue weighted by atomic mass is 10.1. The van der Waals surface area contributed by atoms with Gasteiger partial charge in [0, 0.05) is 33.6 Å². The van der Waals surface area contributed by atoms with Crippen molar-refractivity contribution in [2.24, 2.45) is 0 Å². The summed E-state index contributed by atoms with van der Waals surface area (Å²) in [6.45, 7) is 0. The second kappa shape index (κ2) is 4.74. The lowest BCUT2D eigenvalue weighted by Crippen LogP contribution is -2.04. The largest absolute Gasteiger partial charge is 0.358 e. The normalized spacial score (nSPS) is 20.6. The molecule has 0 bridgehead atoms. The van der Waals surface area contributed by atoms with Crippen LogP contribution >= 0.6 is 11.6 Å². The van der Waals surface area contributed by atoms with Crippen LogP contribution in [0.2, 0.25) is 5.02 Å². The van der Waals surface area contributed by atoms with Crippen molar-refractivity contribution in [2.75, 3.05) is 0 Å². The van der Waals surface area contributed by atoms with Crippen molar-refractivity contribution in [1.29, 1.82) is 0 Å². The second-order valence-electron chi connectivity index (χ2n) is 5.64. The summed E-state index contributed by atoms with van der Waals surface area (Å²) in [5.41, 5.74) is 3.29. The summed E-state index contributed by atoms with van der Waals surface area (Å²) in [6, 6.07) is 17.4. The van der Waals surface area contributed by atoms with Crippen molar-refractivity contribution >= 4 is 22.5 Å². The van der Waals surface area contributed by atoms with Crippen LogP contribution in [0.15, 0.2) is 59.4 Å². The number of fused-ring (bicyclic) bond motifs is 1. The van der Waals surface area contributed by atoms with Gasteiger partial charge in [-0.15, -0.1) is 0 Å². The molecule has 0 spiro atoms. The molecule has 3 aromatic rings. The molecule has 1 aliphatic carbocycles. The molecule has 1 N–H and O–H groups in total. The van der Waals surface area contributed by atoms with Gasteiger partial charge in [0.25, 0.3) is 0 Å². The Hall–Kier alpha value is -2.06.